The van der Waals surface area contributed by atoms with Crippen molar-refractivity contribution in [2.45, 2.75) is 54.9 Å². The van der Waals surface area contributed by atoms with Gasteiger partial charge in [-0.2, -0.15) is 4.72 Å². The molecule has 7 nitrogen and oxygen atoms in total. The summed E-state index contributed by atoms with van der Waals surface area (Å²) in [5, 5.41) is 0. The Morgan fingerprint density at radius 1 is 1.03 bits per heavy atom. The molecule has 0 saturated heterocycles. The third-order valence-corrected chi connectivity index (χ3v) is 9.53. The summed E-state index contributed by atoms with van der Waals surface area (Å²) in [5.41, 5.74) is -1.20. The van der Waals surface area contributed by atoms with Gasteiger partial charge in [0.15, 0.2) is 11.5 Å². The van der Waals surface area contributed by atoms with Gasteiger partial charge >= 0.3 is 5.97 Å². The molecule has 0 amide bonds. The summed E-state index contributed by atoms with van der Waals surface area (Å²) in [6.45, 7) is 7.37. The summed E-state index contributed by atoms with van der Waals surface area (Å²) in [4.78, 5) is 14.2. The van der Waals surface area contributed by atoms with Crippen molar-refractivity contribution in [1.29, 1.82) is 0 Å². The number of carbonyl (C=O) groups excluding carboxylic acids is 1. The van der Waals surface area contributed by atoms with Crippen LogP contribution in [0, 0.1) is 0 Å². The van der Waals surface area contributed by atoms with Crippen LogP contribution in [0.4, 0.5) is 0 Å². The Morgan fingerprint density at radius 3 is 2.46 bits per heavy atom. The molecule has 2 aliphatic rings. The first-order valence-corrected chi connectivity index (χ1v) is 13.6. The highest BCUT2D eigenvalue weighted by Crippen LogP contribution is 2.59. The zero-order valence-electron chi connectivity index (χ0n) is 20.0. The molecule has 1 fully saturated rings. The van der Waals surface area contributed by atoms with E-state index in [-0.39, 0.29) is 11.0 Å². The molecule has 2 atom stereocenters. The Kier molecular flexibility index (Phi) is 5.50. The molecule has 0 spiro atoms. The van der Waals surface area contributed by atoms with Gasteiger partial charge in [-0.25, -0.2) is 13.2 Å². The third-order valence-electron chi connectivity index (χ3n) is 6.41. The van der Waals surface area contributed by atoms with Crippen LogP contribution in [-0.2, 0) is 25.0 Å². The molecule has 1 aliphatic heterocycles. The van der Waals surface area contributed by atoms with Crippen molar-refractivity contribution < 1.29 is 27.4 Å². The number of thiophene rings is 1. The molecule has 1 aromatic heterocycles. The zero-order valence-corrected chi connectivity index (χ0v) is 21.6. The second-order valence-electron chi connectivity index (χ2n) is 10.1. The van der Waals surface area contributed by atoms with Gasteiger partial charge in [0, 0.05) is 10.3 Å². The summed E-state index contributed by atoms with van der Waals surface area (Å²) in [7, 11) is -4.02. The Labute approximate surface area is 209 Å². The monoisotopic (exact) mass is 513 g/mol. The van der Waals surface area contributed by atoms with E-state index in [4.69, 9.17) is 14.2 Å². The summed E-state index contributed by atoms with van der Waals surface area (Å²) in [6.07, 6.45) is 0.304. The van der Waals surface area contributed by atoms with Gasteiger partial charge in [-0.05, 0) is 68.7 Å². The molecule has 5 rings (SSSR count). The van der Waals surface area contributed by atoms with Crippen LogP contribution >= 0.6 is 11.3 Å². The SMILES string of the molecule is CC(C)(C)OC(=O)C1(NS(=O)(=O)c2ccc(-c3ccc4c(c3)OCO4)s2)CC1(C)c1ccccc1. The highest BCUT2D eigenvalue weighted by Gasteiger charge is 2.73. The van der Waals surface area contributed by atoms with Crippen molar-refractivity contribution in [2.24, 2.45) is 0 Å². The summed E-state index contributed by atoms with van der Waals surface area (Å²) in [6, 6.07) is 18.3. The number of esters is 1. The molecule has 1 aliphatic carbocycles. The molecule has 3 aromatic rings. The van der Waals surface area contributed by atoms with Gasteiger partial charge < -0.3 is 14.2 Å². The van der Waals surface area contributed by atoms with Gasteiger partial charge in [0.25, 0.3) is 10.0 Å². The molecule has 0 bridgehead atoms. The predicted molar refractivity (Wildman–Crippen MR) is 133 cm³/mol. The molecule has 1 N–H and O–H groups in total. The van der Waals surface area contributed by atoms with E-state index in [1.165, 1.54) is 0 Å². The van der Waals surface area contributed by atoms with Gasteiger partial charge in [0.2, 0.25) is 6.79 Å². The molecular weight excluding hydrogens is 486 g/mol. The fourth-order valence-electron chi connectivity index (χ4n) is 4.44. The van der Waals surface area contributed by atoms with E-state index in [1.54, 1.807) is 39.0 Å². The van der Waals surface area contributed by atoms with Crippen LogP contribution in [0.1, 0.15) is 39.7 Å². The van der Waals surface area contributed by atoms with Crippen molar-refractivity contribution in [1.82, 2.24) is 4.72 Å². The Hall–Kier alpha value is -2.88. The standard InChI is InChI=1S/C26H27NO6S2/c1-24(2,3)33-23(28)26(15-25(26,4)18-8-6-5-7-9-18)27-35(29,30)22-13-12-21(34-22)17-10-11-19-20(14-17)32-16-31-19/h5-14,27H,15-16H2,1-4H3. The van der Waals surface area contributed by atoms with E-state index < -0.39 is 32.5 Å². The lowest BCUT2D eigenvalue weighted by atomic mass is 9.93. The quantitative estimate of drug-likeness (QED) is 0.473. The maximum Gasteiger partial charge on any atom is 0.328 e. The Bertz CT molecular complexity index is 1390. The van der Waals surface area contributed by atoms with Gasteiger partial charge in [-0.1, -0.05) is 37.3 Å². The Morgan fingerprint density at radius 2 is 1.74 bits per heavy atom. The average molecular weight is 514 g/mol. The minimum atomic E-state index is -4.02. The van der Waals surface area contributed by atoms with Gasteiger partial charge in [-0.15, -0.1) is 11.3 Å². The first kappa shape index (κ1) is 23.8. The third kappa shape index (κ3) is 4.22. The number of nitrogens with one attached hydrogen (secondary N) is 1. The van der Waals surface area contributed by atoms with Crippen molar-refractivity contribution in [3.05, 3.63) is 66.2 Å². The maximum atomic E-state index is 13.6. The molecule has 184 valence electrons. The number of hydrogen-bond donors (Lipinski definition) is 1. The minimum absolute atomic E-state index is 0.121. The van der Waals surface area contributed by atoms with Crippen LogP contribution in [0.25, 0.3) is 10.4 Å². The topological polar surface area (TPSA) is 90.9 Å². The van der Waals surface area contributed by atoms with Crippen molar-refractivity contribution >= 4 is 27.3 Å². The number of rotatable bonds is 6. The smallest absolute Gasteiger partial charge is 0.328 e. The number of carbonyl (C=O) groups is 1. The van der Waals surface area contributed by atoms with Gasteiger partial charge in [0.05, 0.1) is 0 Å². The summed E-state index contributed by atoms with van der Waals surface area (Å²) >= 11 is 1.13. The lowest BCUT2D eigenvalue weighted by molar-refractivity contribution is -0.158. The minimum Gasteiger partial charge on any atom is -0.459 e. The normalized spacial score (nSPS) is 23.2. The summed E-state index contributed by atoms with van der Waals surface area (Å²) in [5.74, 6) is 0.708. The highest BCUT2D eigenvalue weighted by atomic mass is 32.2. The summed E-state index contributed by atoms with van der Waals surface area (Å²) < 4.78 is 46.5. The molecule has 2 unspecified atom stereocenters. The zero-order chi connectivity index (χ0) is 25.1. The molecule has 0 radical (unpaired) electrons. The second kappa shape index (κ2) is 8.08. The van der Waals surface area contributed by atoms with Gasteiger partial charge in [-0.3, -0.25) is 0 Å². The van der Waals surface area contributed by atoms with E-state index in [0.717, 1.165) is 27.3 Å². The maximum absolute atomic E-state index is 13.6. The first-order chi connectivity index (χ1) is 16.4. The van der Waals surface area contributed by atoms with Crippen LogP contribution in [0.5, 0.6) is 11.5 Å². The van der Waals surface area contributed by atoms with E-state index >= 15 is 0 Å². The van der Waals surface area contributed by atoms with Crippen molar-refractivity contribution in [3.63, 3.8) is 0 Å². The fourth-order valence-corrected chi connectivity index (χ4v) is 7.20. The van der Waals surface area contributed by atoms with Crippen LogP contribution in [-0.4, -0.2) is 32.3 Å². The second-order valence-corrected chi connectivity index (χ2v) is 13.1. The van der Waals surface area contributed by atoms with Crippen molar-refractivity contribution in [3.8, 4) is 21.9 Å². The van der Waals surface area contributed by atoms with Gasteiger partial charge in [0.1, 0.15) is 15.3 Å². The van der Waals surface area contributed by atoms with E-state index in [2.05, 4.69) is 4.72 Å². The van der Waals surface area contributed by atoms with Crippen LogP contribution in [0.15, 0.2) is 64.9 Å². The lowest BCUT2D eigenvalue weighted by Gasteiger charge is -2.27. The van der Waals surface area contributed by atoms with Crippen molar-refractivity contribution in [2.75, 3.05) is 6.79 Å². The first-order valence-electron chi connectivity index (χ1n) is 11.3. The van der Waals surface area contributed by atoms with E-state index in [1.807, 2.05) is 49.4 Å². The Balaban J connectivity index is 1.47. The predicted octanol–water partition coefficient (Wildman–Crippen LogP) is 4.86. The fraction of sp³-hybridized carbons (Fsp3) is 0.346. The number of benzene rings is 2. The molecule has 9 heteroatoms. The lowest BCUT2D eigenvalue weighted by Crippen LogP contribution is -2.50. The molecule has 35 heavy (non-hydrogen) atoms. The highest BCUT2D eigenvalue weighted by molar-refractivity contribution is 7.91. The van der Waals surface area contributed by atoms with Crippen LogP contribution < -0.4 is 14.2 Å². The van der Waals surface area contributed by atoms with E-state index in [0.29, 0.717) is 17.9 Å². The average Bonchev–Trinajstić information content (AvgIpc) is 3.20. The number of fused-ring (bicyclic) bond motifs is 1. The molecule has 2 heterocycles. The molecular formula is C26H27NO6S2. The molecule has 1 saturated carbocycles. The van der Waals surface area contributed by atoms with E-state index in [9.17, 15) is 13.2 Å². The number of hydrogen-bond acceptors (Lipinski definition) is 7. The molecule has 2 aromatic carbocycles. The van der Waals surface area contributed by atoms with Crippen LogP contribution in [0.3, 0.4) is 0 Å². The van der Waals surface area contributed by atoms with Crippen LogP contribution in [0.2, 0.25) is 0 Å². The number of sulfonamides is 1. The largest absolute Gasteiger partial charge is 0.459 e. The number of ether oxygens (including phenoxy) is 3.